The number of hydrogen-bond donors (Lipinski definition) is 2. The van der Waals surface area contributed by atoms with E-state index in [0.717, 1.165) is 19.3 Å². The molecule has 2 fully saturated rings. The molecule has 2 N–H and O–H groups in total. The SMILES string of the molecule is CCCC1(C(=O)O)CCN(C(=O)NC2CCCCC2)C1. The third kappa shape index (κ3) is 3.25. The van der Waals surface area contributed by atoms with Crippen LogP contribution in [0.3, 0.4) is 0 Å². The van der Waals surface area contributed by atoms with Gasteiger partial charge in [0.2, 0.25) is 0 Å². The van der Waals surface area contributed by atoms with Gasteiger partial charge in [-0.1, -0.05) is 32.6 Å². The molecular formula is C15H26N2O3. The number of carboxylic acid groups (broad SMARTS) is 1. The maximum Gasteiger partial charge on any atom is 0.317 e. The van der Waals surface area contributed by atoms with Gasteiger partial charge in [0.1, 0.15) is 0 Å². The molecule has 0 aromatic rings. The number of carboxylic acids is 1. The zero-order valence-electron chi connectivity index (χ0n) is 12.4. The standard InChI is InChI=1S/C15H26N2O3/c1-2-8-15(13(18)19)9-10-17(11-15)14(20)16-12-6-4-3-5-7-12/h12H,2-11H2,1H3,(H,16,20)(H,18,19). The Hall–Kier alpha value is -1.26. The first-order valence-corrected chi connectivity index (χ1v) is 7.86. The lowest BCUT2D eigenvalue weighted by atomic mass is 9.83. The number of nitrogens with one attached hydrogen (secondary N) is 1. The summed E-state index contributed by atoms with van der Waals surface area (Å²) in [5, 5.41) is 12.5. The fraction of sp³-hybridized carbons (Fsp3) is 0.867. The topological polar surface area (TPSA) is 69.6 Å². The van der Waals surface area contributed by atoms with E-state index >= 15 is 0 Å². The van der Waals surface area contributed by atoms with Gasteiger partial charge >= 0.3 is 12.0 Å². The predicted molar refractivity (Wildman–Crippen MR) is 76.6 cm³/mol. The average molecular weight is 282 g/mol. The molecule has 20 heavy (non-hydrogen) atoms. The summed E-state index contributed by atoms with van der Waals surface area (Å²) in [5.74, 6) is -0.757. The fourth-order valence-corrected chi connectivity index (χ4v) is 3.52. The quantitative estimate of drug-likeness (QED) is 0.832. The summed E-state index contributed by atoms with van der Waals surface area (Å²) in [6.07, 6.45) is 7.79. The summed E-state index contributed by atoms with van der Waals surface area (Å²) < 4.78 is 0. The molecule has 1 saturated heterocycles. The highest BCUT2D eigenvalue weighted by Gasteiger charge is 2.45. The molecule has 2 aliphatic rings. The lowest BCUT2D eigenvalue weighted by Crippen LogP contribution is -2.46. The van der Waals surface area contributed by atoms with Crippen molar-refractivity contribution < 1.29 is 14.7 Å². The Labute approximate surface area is 120 Å². The van der Waals surface area contributed by atoms with Crippen LogP contribution in [0.15, 0.2) is 0 Å². The van der Waals surface area contributed by atoms with Crippen LogP contribution in [-0.2, 0) is 4.79 Å². The molecule has 0 aromatic heterocycles. The van der Waals surface area contributed by atoms with Crippen LogP contribution in [-0.4, -0.2) is 41.1 Å². The van der Waals surface area contributed by atoms with Crippen LogP contribution in [0.4, 0.5) is 4.79 Å². The van der Waals surface area contributed by atoms with E-state index < -0.39 is 11.4 Å². The molecule has 0 aromatic carbocycles. The van der Waals surface area contributed by atoms with Gasteiger partial charge in [0.15, 0.2) is 0 Å². The zero-order chi connectivity index (χ0) is 14.6. The summed E-state index contributed by atoms with van der Waals surface area (Å²) in [7, 11) is 0. The van der Waals surface area contributed by atoms with Gasteiger partial charge < -0.3 is 15.3 Å². The predicted octanol–water partition coefficient (Wildman–Crippen LogP) is 2.61. The Balaban J connectivity index is 1.90. The van der Waals surface area contributed by atoms with Crippen molar-refractivity contribution in [2.45, 2.75) is 64.3 Å². The molecule has 0 radical (unpaired) electrons. The van der Waals surface area contributed by atoms with E-state index in [2.05, 4.69) is 5.32 Å². The molecule has 2 amide bonds. The van der Waals surface area contributed by atoms with E-state index in [1.807, 2.05) is 6.92 Å². The van der Waals surface area contributed by atoms with Gasteiger partial charge in [0.05, 0.1) is 5.41 Å². The molecule has 1 unspecified atom stereocenters. The second-order valence-corrected chi connectivity index (χ2v) is 6.29. The smallest absolute Gasteiger partial charge is 0.317 e. The molecule has 0 bridgehead atoms. The maximum absolute atomic E-state index is 12.3. The fourth-order valence-electron chi connectivity index (χ4n) is 3.52. The number of hydrogen-bond acceptors (Lipinski definition) is 2. The van der Waals surface area contributed by atoms with Gasteiger partial charge in [-0.2, -0.15) is 0 Å². The van der Waals surface area contributed by atoms with E-state index in [4.69, 9.17) is 0 Å². The summed E-state index contributed by atoms with van der Waals surface area (Å²) in [6.45, 7) is 2.91. The van der Waals surface area contributed by atoms with Crippen LogP contribution in [0.25, 0.3) is 0 Å². The van der Waals surface area contributed by atoms with Crippen molar-refractivity contribution in [1.82, 2.24) is 10.2 Å². The van der Waals surface area contributed by atoms with Crippen molar-refractivity contribution in [3.05, 3.63) is 0 Å². The molecular weight excluding hydrogens is 256 g/mol. The van der Waals surface area contributed by atoms with Gasteiger partial charge in [0, 0.05) is 19.1 Å². The van der Waals surface area contributed by atoms with Crippen LogP contribution in [0.2, 0.25) is 0 Å². The number of nitrogens with zero attached hydrogens (tertiary/aromatic N) is 1. The van der Waals surface area contributed by atoms with Gasteiger partial charge in [-0.3, -0.25) is 4.79 Å². The van der Waals surface area contributed by atoms with Crippen molar-refractivity contribution in [2.24, 2.45) is 5.41 Å². The largest absolute Gasteiger partial charge is 0.481 e. The molecule has 114 valence electrons. The minimum absolute atomic E-state index is 0.0730. The number of carbonyl (C=O) groups excluding carboxylic acids is 1. The van der Waals surface area contributed by atoms with E-state index in [1.54, 1.807) is 4.90 Å². The summed E-state index contributed by atoms with van der Waals surface area (Å²) >= 11 is 0. The second kappa shape index (κ2) is 6.46. The first-order valence-electron chi connectivity index (χ1n) is 7.86. The lowest BCUT2D eigenvalue weighted by molar-refractivity contribution is -0.148. The van der Waals surface area contributed by atoms with Gasteiger partial charge in [0.25, 0.3) is 0 Å². The number of amides is 2. The number of carbonyl (C=O) groups is 2. The number of urea groups is 1. The van der Waals surface area contributed by atoms with Crippen molar-refractivity contribution in [3.8, 4) is 0 Å². The molecule has 1 saturated carbocycles. The first kappa shape index (κ1) is 15.1. The molecule has 0 spiro atoms. The Kier molecular flexibility index (Phi) is 4.89. The monoisotopic (exact) mass is 282 g/mol. The Morgan fingerprint density at radius 2 is 2.00 bits per heavy atom. The van der Waals surface area contributed by atoms with E-state index in [9.17, 15) is 14.7 Å². The molecule has 1 atom stereocenters. The highest BCUT2D eigenvalue weighted by Crippen LogP contribution is 2.35. The highest BCUT2D eigenvalue weighted by atomic mass is 16.4. The van der Waals surface area contributed by atoms with E-state index in [0.29, 0.717) is 25.9 Å². The normalized spacial score (nSPS) is 27.6. The van der Waals surface area contributed by atoms with Crippen LogP contribution in [0, 0.1) is 5.41 Å². The molecule has 5 heteroatoms. The molecule has 1 aliphatic carbocycles. The zero-order valence-corrected chi connectivity index (χ0v) is 12.4. The Bertz CT molecular complexity index is 366. The summed E-state index contributed by atoms with van der Waals surface area (Å²) in [4.78, 5) is 25.5. The summed E-state index contributed by atoms with van der Waals surface area (Å²) in [6, 6.07) is 0.207. The van der Waals surface area contributed by atoms with Crippen molar-refractivity contribution in [2.75, 3.05) is 13.1 Å². The van der Waals surface area contributed by atoms with Gasteiger partial charge in [-0.15, -0.1) is 0 Å². The van der Waals surface area contributed by atoms with Crippen LogP contribution < -0.4 is 5.32 Å². The van der Waals surface area contributed by atoms with Crippen LogP contribution in [0.1, 0.15) is 58.3 Å². The van der Waals surface area contributed by atoms with Crippen molar-refractivity contribution in [3.63, 3.8) is 0 Å². The average Bonchev–Trinajstić information content (AvgIpc) is 2.86. The molecule has 2 rings (SSSR count). The van der Waals surface area contributed by atoms with Crippen LogP contribution in [0.5, 0.6) is 0 Å². The maximum atomic E-state index is 12.3. The van der Waals surface area contributed by atoms with Crippen LogP contribution >= 0.6 is 0 Å². The Morgan fingerprint density at radius 1 is 1.30 bits per heavy atom. The number of rotatable bonds is 4. The van der Waals surface area contributed by atoms with E-state index in [-0.39, 0.29) is 12.1 Å². The second-order valence-electron chi connectivity index (χ2n) is 6.29. The first-order chi connectivity index (χ1) is 9.57. The van der Waals surface area contributed by atoms with Crippen molar-refractivity contribution in [1.29, 1.82) is 0 Å². The van der Waals surface area contributed by atoms with Gasteiger partial charge in [-0.25, -0.2) is 4.79 Å². The third-order valence-corrected chi connectivity index (χ3v) is 4.76. The van der Waals surface area contributed by atoms with E-state index in [1.165, 1.54) is 19.3 Å². The molecule has 5 nitrogen and oxygen atoms in total. The van der Waals surface area contributed by atoms with Crippen molar-refractivity contribution >= 4 is 12.0 Å². The molecule has 1 heterocycles. The number of aliphatic carboxylic acids is 1. The minimum atomic E-state index is -0.757. The lowest BCUT2D eigenvalue weighted by Gasteiger charge is -2.27. The highest BCUT2D eigenvalue weighted by molar-refractivity contribution is 5.79. The minimum Gasteiger partial charge on any atom is -0.481 e. The van der Waals surface area contributed by atoms with Gasteiger partial charge in [-0.05, 0) is 25.7 Å². The molecule has 1 aliphatic heterocycles. The summed E-state index contributed by atoms with van der Waals surface area (Å²) in [5.41, 5.74) is -0.724. The number of likely N-dealkylation sites (tertiary alicyclic amines) is 1. The Morgan fingerprint density at radius 3 is 2.60 bits per heavy atom. The third-order valence-electron chi connectivity index (χ3n) is 4.76.